The molecular weight excluding hydrogens is 332 g/mol. The van der Waals surface area contributed by atoms with Crippen molar-refractivity contribution in [3.63, 3.8) is 0 Å². The number of carbonyl (C=O) groups excluding carboxylic acids is 1. The average Bonchev–Trinajstić information content (AvgIpc) is 2.46. The SMILES string of the molecule is COc1ccc(C(C)=O)cc1COc1ccc(C)cc1Br. The molecule has 0 N–H and O–H groups in total. The molecule has 0 aliphatic rings. The second-order valence-electron chi connectivity index (χ2n) is 4.81. The predicted octanol–water partition coefficient (Wildman–Crippen LogP) is 4.55. The van der Waals surface area contributed by atoms with Gasteiger partial charge in [0.15, 0.2) is 5.78 Å². The molecule has 0 amide bonds. The maximum Gasteiger partial charge on any atom is 0.159 e. The molecule has 0 aromatic heterocycles. The zero-order valence-corrected chi connectivity index (χ0v) is 13.9. The lowest BCUT2D eigenvalue weighted by Gasteiger charge is -2.12. The molecule has 0 aliphatic carbocycles. The van der Waals surface area contributed by atoms with Gasteiger partial charge in [-0.15, -0.1) is 0 Å². The fourth-order valence-corrected chi connectivity index (χ4v) is 2.60. The molecule has 21 heavy (non-hydrogen) atoms. The van der Waals surface area contributed by atoms with Crippen LogP contribution in [0.15, 0.2) is 40.9 Å². The Labute approximate surface area is 133 Å². The zero-order valence-electron chi connectivity index (χ0n) is 12.3. The van der Waals surface area contributed by atoms with Crippen LogP contribution in [0.25, 0.3) is 0 Å². The summed E-state index contributed by atoms with van der Waals surface area (Å²) >= 11 is 3.48. The standard InChI is InChI=1S/C17H17BrO3/c1-11-4-6-17(15(18)8-11)21-10-14-9-13(12(2)19)5-7-16(14)20-3/h4-9H,10H2,1-3H3. The van der Waals surface area contributed by atoms with Crippen molar-refractivity contribution in [2.75, 3.05) is 7.11 Å². The van der Waals surface area contributed by atoms with Crippen LogP contribution >= 0.6 is 15.9 Å². The molecule has 4 heteroatoms. The van der Waals surface area contributed by atoms with Gasteiger partial charge in [-0.2, -0.15) is 0 Å². The topological polar surface area (TPSA) is 35.5 Å². The molecule has 0 radical (unpaired) electrons. The van der Waals surface area contributed by atoms with Crippen LogP contribution in [0.3, 0.4) is 0 Å². The first-order valence-corrected chi connectivity index (χ1v) is 7.37. The Balaban J connectivity index is 2.22. The van der Waals surface area contributed by atoms with Gasteiger partial charge in [0.1, 0.15) is 18.1 Å². The predicted molar refractivity (Wildman–Crippen MR) is 86.2 cm³/mol. The molecule has 2 aromatic rings. The van der Waals surface area contributed by atoms with E-state index in [4.69, 9.17) is 9.47 Å². The smallest absolute Gasteiger partial charge is 0.159 e. The van der Waals surface area contributed by atoms with Crippen molar-refractivity contribution >= 4 is 21.7 Å². The maximum atomic E-state index is 11.5. The second kappa shape index (κ2) is 6.76. The lowest BCUT2D eigenvalue weighted by Crippen LogP contribution is -2.02. The van der Waals surface area contributed by atoms with Gasteiger partial charge in [-0.3, -0.25) is 4.79 Å². The van der Waals surface area contributed by atoms with E-state index in [2.05, 4.69) is 15.9 Å². The summed E-state index contributed by atoms with van der Waals surface area (Å²) < 4.78 is 12.0. The summed E-state index contributed by atoms with van der Waals surface area (Å²) in [5.41, 5.74) is 2.65. The second-order valence-corrected chi connectivity index (χ2v) is 5.66. The van der Waals surface area contributed by atoms with Crippen LogP contribution in [0.2, 0.25) is 0 Å². The number of aryl methyl sites for hydroxylation is 1. The van der Waals surface area contributed by atoms with Gasteiger partial charge in [0.25, 0.3) is 0 Å². The van der Waals surface area contributed by atoms with Crippen LogP contribution in [0, 0.1) is 6.92 Å². The molecule has 0 heterocycles. The van der Waals surface area contributed by atoms with Crippen molar-refractivity contribution in [2.45, 2.75) is 20.5 Å². The molecule has 2 aromatic carbocycles. The molecule has 2 rings (SSSR count). The highest BCUT2D eigenvalue weighted by Gasteiger charge is 2.09. The number of methoxy groups -OCH3 is 1. The number of Topliss-reactive ketones (excluding diaryl/α,β-unsaturated/α-hetero) is 1. The molecule has 0 spiro atoms. The van der Waals surface area contributed by atoms with Gasteiger partial charge in [-0.05, 0) is 65.7 Å². The van der Waals surface area contributed by atoms with Gasteiger partial charge < -0.3 is 9.47 Å². The molecule has 0 fully saturated rings. The first-order chi connectivity index (χ1) is 10.0. The van der Waals surface area contributed by atoms with Crippen molar-refractivity contribution in [1.82, 2.24) is 0 Å². The summed E-state index contributed by atoms with van der Waals surface area (Å²) in [7, 11) is 1.61. The molecule has 3 nitrogen and oxygen atoms in total. The van der Waals surface area contributed by atoms with E-state index in [0.717, 1.165) is 21.3 Å². The van der Waals surface area contributed by atoms with Crippen molar-refractivity contribution < 1.29 is 14.3 Å². The van der Waals surface area contributed by atoms with Crippen molar-refractivity contribution in [3.05, 3.63) is 57.6 Å². The van der Waals surface area contributed by atoms with Gasteiger partial charge >= 0.3 is 0 Å². The monoisotopic (exact) mass is 348 g/mol. The van der Waals surface area contributed by atoms with Crippen LogP contribution in [-0.2, 0) is 6.61 Å². The number of ether oxygens (including phenoxy) is 2. The quantitative estimate of drug-likeness (QED) is 0.743. The summed E-state index contributed by atoms with van der Waals surface area (Å²) in [5.74, 6) is 1.49. The van der Waals surface area contributed by atoms with E-state index in [1.54, 1.807) is 26.2 Å². The summed E-state index contributed by atoms with van der Waals surface area (Å²) in [5, 5.41) is 0. The number of rotatable bonds is 5. The highest BCUT2D eigenvalue weighted by atomic mass is 79.9. The molecule has 0 bridgehead atoms. The summed E-state index contributed by atoms with van der Waals surface area (Å²) in [6, 6.07) is 11.3. The van der Waals surface area contributed by atoms with E-state index in [-0.39, 0.29) is 5.78 Å². The van der Waals surface area contributed by atoms with Crippen LogP contribution in [-0.4, -0.2) is 12.9 Å². The number of ketones is 1. The van der Waals surface area contributed by atoms with Crippen molar-refractivity contribution in [2.24, 2.45) is 0 Å². The number of carbonyl (C=O) groups is 1. The number of hydrogen-bond donors (Lipinski definition) is 0. The van der Waals surface area contributed by atoms with Gasteiger partial charge in [0.2, 0.25) is 0 Å². The minimum atomic E-state index is 0.0235. The summed E-state index contributed by atoms with van der Waals surface area (Å²) in [4.78, 5) is 11.5. The van der Waals surface area contributed by atoms with Crippen LogP contribution in [0.4, 0.5) is 0 Å². The van der Waals surface area contributed by atoms with E-state index in [9.17, 15) is 4.79 Å². The third-order valence-electron chi connectivity index (χ3n) is 3.16. The van der Waals surface area contributed by atoms with Crippen LogP contribution in [0.1, 0.15) is 28.4 Å². The van der Waals surface area contributed by atoms with E-state index >= 15 is 0 Å². The Kier molecular flexibility index (Phi) is 5.02. The molecule has 0 saturated heterocycles. The largest absolute Gasteiger partial charge is 0.496 e. The minimum absolute atomic E-state index is 0.0235. The van der Waals surface area contributed by atoms with Crippen molar-refractivity contribution in [3.8, 4) is 11.5 Å². The third kappa shape index (κ3) is 3.85. The van der Waals surface area contributed by atoms with E-state index in [0.29, 0.717) is 17.9 Å². The highest BCUT2D eigenvalue weighted by Crippen LogP contribution is 2.28. The Hall–Kier alpha value is -1.81. The first kappa shape index (κ1) is 15.6. The third-order valence-corrected chi connectivity index (χ3v) is 3.78. The lowest BCUT2D eigenvalue weighted by atomic mass is 10.1. The zero-order chi connectivity index (χ0) is 15.4. The highest BCUT2D eigenvalue weighted by molar-refractivity contribution is 9.10. The summed E-state index contributed by atoms with van der Waals surface area (Å²) in [6.07, 6.45) is 0. The van der Waals surface area contributed by atoms with Crippen LogP contribution < -0.4 is 9.47 Å². The van der Waals surface area contributed by atoms with Gasteiger partial charge in [-0.25, -0.2) is 0 Å². The Bertz CT molecular complexity index is 665. The fraction of sp³-hybridized carbons (Fsp3) is 0.235. The van der Waals surface area contributed by atoms with Gasteiger partial charge in [0.05, 0.1) is 11.6 Å². The van der Waals surface area contributed by atoms with E-state index in [1.807, 2.05) is 31.2 Å². The first-order valence-electron chi connectivity index (χ1n) is 6.58. The lowest BCUT2D eigenvalue weighted by molar-refractivity contribution is 0.101. The fourth-order valence-electron chi connectivity index (χ4n) is 1.99. The van der Waals surface area contributed by atoms with Gasteiger partial charge in [0, 0.05) is 11.1 Å². The number of benzene rings is 2. The Morgan fingerprint density at radius 1 is 1.14 bits per heavy atom. The minimum Gasteiger partial charge on any atom is -0.496 e. The normalized spacial score (nSPS) is 10.3. The van der Waals surface area contributed by atoms with E-state index in [1.165, 1.54) is 0 Å². The summed E-state index contributed by atoms with van der Waals surface area (Å²) in [6.45, 7) is 3.91. The van der Waals surface area contributed by atoms with Gasteiger partial charge in [-0.1, -0.05) is 6.07 Å². The molecule has 0 atom stereocenters. The molecule has 0 saturated carbocycles. The van der Waals surface area contributed by atoms with E-state index < -0.39 is 0 Å². The molecule has 0 unspecified atom stereocenters. The van der Waals surface area contributed by atoms with Crippen LogP contribution in [0.5, 0.6) is 11.5 Å². The molecular formula is C17H17BrO3. The Morgan fingerprint density at radius 3 is 2.48 bits per heavy atom. The molecule has 0 aliphatic heterocycles. The average molecular weight is 349 g/mol. The van der Waals surface area contributed by atoms with Crippen molar-refractivity contribution in [1.29, 1.82) is 0 Å². The number of halogens is 1. The Morgan fingerprint density at radius 2 is 1.86 bits per heavy atom. The number of hydrogen-bond acceptors (Lipinski definition) is 3. The molecule has 110 valence electrons. The maximum absolute atomic E-state index is 11.5.